The SMILES string of the molecule is C=CCOc1cccc(Cc2nc(Nc3cccc(OCC=C)c3)nc(OCC)n2)c1. The van der Waals surface area contributed by atoms with E-state index in [0.29, 0.717) is 38.0 Å². The van der Waals surface area contributed by atoms with Gasteiger partial charge >= 0.3 is 6.01 Å². The van der Waals surface area contributed by atoms with Crippen molar-refractivity contribution in [2.45, 2.75) is 13.3 Å². The summed E-state index contributed by atoms with van der Waals surface area (Å²) in [5, 5.41) is 3.20. The van der Waals surface area contributed by atoms with Gasteiger partial charge < -0.3 is 19.5 Å². The zero-order valence-corrected chi connectivity index (χ0v) is 17.6. The molecule has 7 nitrogen and oxygen atoms in total. The molecule has 0 amide bonds. The van der Waals surface area contributed by atoms with Gasteiger partial charge in [0, 0.05) is 18.2 Å². The van der Waals surface area contributed by atoms with Gasteiger partial charge in [0.2, 0.25) is 5.95 Å². The van der Waals surface area contributed by atoms with Gasteiger partial charge in [-0.1, -0.05) is 43.5 Å². The molecule has 0 aliphatic heterocycles. The Bertz CT molecular complexity index is 947. The Kier molecular flexibility index (Phi) is 7.99. The second-order valence-corrected chi connectivity index (χ2v) is 6.47. The maximum absolute atomic E-state index is 5.61. The molecule has 0 aliphatic rings. The lowest BCUT2D eigenvalue weighted by atomic mass is 10.1. The minimum Gasteiger partial charge on any atom is -0.490 e. The Labute approximate surface area is 182 Å². The largest absolute Gasteiger partial charge is 0.490 e. The highest BCUT2D eigenvalue weighted by Crippen LogP contribution is 2.22. The first kappa shape index (κ1) is 21.8. The summed E-state index contributed by atoms with van der Waals surface area (Å²) in [4.78, 5) is 13.4. The molecule has 7 heteroatoms. The fourth-order valence-electron chi connectivity index (χ4n) is 2.76. The molecule has 31 heavy (non-hydrogen) atoms. The molecule has 0 spiro atoms. The number of hydrogen-bond acceptors (Lipinski definition) is 7. The highest BCUT2D eigenvalue weighted by atomic mass is 16.5. The van der Waals surface area contributed by atoms with Crippen molar-refractivity contribution in [2.75, 3.05) is 25.1 Å². The second-order valence-electron chi connectivity index (χ2n) is 6.47. The Morgan fingerprint density at radius 2 is 1.58 bits per heavy atom. The first-order valence-electron chi connectivity index (χ1n) is 10.0. The number of ether oxygens (including phenoxy) is 3. The van der Waals surface area contributed by atoms with Gasteiger partial charge in [0.15, 0.2) is 0 Å². The van der Waals surface area contributed by atoms with Crippen molar-refractivity contribution in [1.29, 1.82) is 0 Å². The predicted octanol–water partition coefficient (Wildman–Crippen LogP) is 4.73. The van der Waals surface area contributed by atoms with E-state index in [0.717, 1.165) is 22.7 Å². The van der Waals surface area contributed by atoms with Crippen LogP contribution >= 0.6 is 0 Å². The van der Waals surface area contributed by atoms with Crippen LogP contribution in [0.15, 0.2) is 73.8 Å². The van der Waals surface area contributed by atoms with E-state index in [4.69, 9.17) is 14.2 Å². The van der Waals surface area contributed by atoms with Crippen LogP contribution in [0, 0.1) is 0 Å². The average Bonchev–Trinajstić information content (AvgIpc) is 2.77. The standard InChI is InChI=1S/C24H26N4O3/c1-4-13-30-20-11-7-9-18(15-20)16-22-26-23(28-24(27-22)29-6-3)25-19-10-8-12-21(17-19)31-14-5-2/h4-5,7-12,15,17H,1-2,6,13-14,16H2,3H3,(H,25,26,27,28). The second kappa shape index (κ2) is 11.3. The van der Waals surface area contributed by atoms with Crippen molar-refractivity contribution < 1.29 is 14.2 Å². The van der Waals surface area contributed by atoms with Crippen LogP contribution in [0.5, 0.6) is 17.5 Å². The van der Waals surface area contributed by atoms with Gasteiger partial charge in [-0.3, -0.25) is 0 Å². The Balaban J connectivity index is 1.81. The summed E-state index contributed by atoms with van der Waals surface area (Å²) in [6, 6.07) is 15.6. The van der Waals surface area contributed by atoms with Crippen molar-refractivity contribution in [3.8, 4) is 17.5 Å². The highest BCUT2D eigenvalue weighted by Gasteiger charge is 2.10. The summed E-state index contributed by atoms with van der Waals surface area (Å²) in [7, 11) is 0. The van der Waals surface area contributed by atoms with Gasteiger partial charge in [0.05, 0.1) is 6.61 Å². The average molecular weight is 418 g/mol. The summed E-state index contributed by atoms with van der Waals surface area (Å²) in [6.07, 6.45) is 3.91. The predicted molar refractivity (Wildman–Crippen MR) is 121 cm³/mol. The summed E-state index contributed by atoms with van der Waals surface area (Å²) in [6.45, 7) is 10.6. The van der Waals surface area contributed by atoms with E-state index < -0.39 is 0 Å². The summed E-state index contributed by atoms with van der Waals surface area (Å²) in [5.41, 5.74) is 1.81. The van der Waals surface area contributed by atoms with Crippen LogP contribution in [0.25, 0.3) is 0 Å². The molecular weight excluding hydrogens is 392 g/mol. The molecule has 0 fully saturated rings. The molecule has 0 radical (unpaired) electrons. The van der Waals surface area contributed by atoms with Gasteiger partial charge in [-0.25, -0.2) is 0 Å². The molecule has 0 saturated heterocycles. The maximum Gasteiger partial charge on any atom is 0.321 e. The monoisotopic (exact) mass is 418 g/mol. The van der Waals surface area contributed by atoms with E-state index >= 15 is 0 Å². The Hall–Kier alpha value is -3.87. The first-order valence-corrected chi connectivity index (χ1v) is 10.0. The van der Waals surface area contributed by atoms with Crippen LogP contribution in [0.1, 0.15) is 18.3 Å². The zero-order chi connectivity index (χ0) is 21.9. The third-order valence-electron chi connectivity index (χ3n) is 4.02. The van der Waals surface area contributed by atoms with Crippen molar-refractivity contribution in [2.24, 2.45) is 0 Å². The van der Waals surface area contributed by atoms with E-state index in [9.17, 15) is 0 Å². The number of anilines is 2. The van der Waals surface area contributed by atoms with E-state index in [1.54, 1.807) is 12.2 Å². The quantitative estimate of drug-likeness (QED) is 0.426. The molecule has 160 valence electrons. The molecule has 1 heterocycles. The number of nitrogens with one attached hydrogen (secondary N) is 1. The Morgan fingerprint density at radius 1 is 0.871 bits per heavy atom. The lowest BCUT2D eigenvalue weighted by Crippen LogP contribution is -2.08. The molecule has 3 rings (SSSR count). The molecule has 2 aromatic carbocycles. The van der Waals surface area contributed by atoms with Crippen LogP contribution in [0.4, 0.5) is 11.6 Å². The number of benzene rings is 2. The minimum absolute atomic E-state index is 0.271. The first-order chi connectivity index (χ1) is 15.2. The van der Waals surface area contributed by atoms with Crippen LogP contribution in [-0.2, 0) is 6.42 Å². The lowest BCUT2D eigenvalue weighted by Gasteiger charge is -2.11. The fourth-order valence-corrected chi connectivity index (χ4v) is 2.76. The molecule has 0 unspecified atom stereocenters. The summed E-state index contributed by atoms with van der Waals surface area (Å²) < 4.78 is 16.7. The lowest BCUT2D eigenvalue weighted by molar-refractivity contribution is 0.310. The van der Waals surface area contributed by atoms with Gasteiger partial charge in [-0.15, -0.1) is 0 Å². The topological polar surface area (TPSA) is 78.4 Å². The summed E-state index contributed by atoms with van der Waals surface area (Å²) >= 11 is 0. The maximum atomic E-state index is 5.61. The van der Waals surface area contributed by atoms with E-state index in [-0.39, 0.29) is 6.01 Å². The normalized spacial score (nSPS) is 10.2. The van der Waals surface area contributed by atoms with E-state index in [1.165, 1.54) is 0 Å². The molecule has 0 aliphatic carbocycles. The van der Waals surface area contributed by atoms with E-state index in [1.807, 2.05) is 55.5 Å². The highest BCUT2D eigenvalue weighted by molar-refractivity contribution is 5.56. The van der Waals surface area contributed by atoms with Gasteiger partial charge in [0.25, 0.3) is 0 Å². The summed E-state index contributed by atoms with van der Waals surface area (Å²) in [5.74, 6) is 2.47. The van der Waals surface area contributed by atoms with Gasteiger partial charge in [-0.2, -0.15) is 15.0 Å². The van der Waals surface area contributed by atoms with Crippen LogP contribution in [-0.4, -0.2) is 34.8 Å². The van der Waals surface area contributed by atoms with E-state index in [2.05, 4.69) is 33.4 Å². The number of aromatic nitrogens is 3. The van der Waals surface area contributed by atoms with Crippen LogP contribution in [0.2, 0.25) is 0 Å². The van der Waals surface area contributed by atoms with Crippen LogP contribution < -0.4 is 19.5 Å². The molecule has 3 aromatic rings. The van der Waals surface area contributed by atoms with Crippen molar-refractivity contribution in [3.63, 3.8) is 0 Å². The van der Waals surface area contributed by atoms with Crippen molar-refractivity contribution >= 4 is 11.6 Å². The third-order valence-corrected chi connectivity index (χ3v) is 4.02. The molecule has 0 atom stereocenters. The van der Waals surface area contributed by atoms with Gasteiger partial charge in [0.1, 0.15) is 30.5 Å². The van der Waals surface area contributed by atoms with Crippen molar-refractivity contribution in [1.82, 2.24) is 15.0 Å². The zero-order valence-electron chi connectivity index (χ0n) is 17.6. The molecule has 0 saturated carbocycles. The fraction of sp³-hybridized carbons (Fsp3) is 0.208. The molecule has 1 aromatic heterocycles. The number of nitrogens with zero attached hydrogens (tertiary/aromatic N) is 3. The van der Waals surface area contributed by atoms with Crippen LogP contribution in [0.3, 0.4) is 0 Å². The number of rotatable bonds is 12. The Morgan fingerprint density at radius 3 is 2.29 bits per heavy atom. The smallest absolute Gasteiger partial charge is 0.321 e. The van der Waals surface area contributed by atoms with Gasteiger partial charge in [-0.05, 0) is 36.8 Å². The molecule has 1 N–H and O–H groups in total. The van der Waals surface area contributed by atoms with Crippen molar-refractivity contribution in [3.05, 3.63) is 85.2 Å². The number of hydrogen-bond donors (Lipinski definition) is 1. The molecular formula is C24H26N4O3. The minimum atomic E-state index is 0.271. The molecule has 0 bridgehead atoms. The third kappa shape index (κ3) is 6.85.